The molecule has 0 bridgehead atoms. The molecule has 27 heavy (non-hydrogen) atoms. The predicted molar refractivity (Wildman–Crippen MR) is 105 cm³/mol. The highest BCUT2D eigenvalue weighted by Gasteiger charge is 2.34. The van der Waals surface area contributed by atoms with E-state index >= 15 is 0 Å². The highest BCUT2D eigenvalue weighted by molar-refractivity contribution is 6.01. The third kappa shape index (κ3) is 4.43. The van der Waals surface area contributed by atoms with Gasteiger partial charge >= 0.3 is 0 Å². The summed E-state index contributed by atoms with van der Waals surface area (Å²) in [5, 5.41) is 13.5. The van der Waals surface area contributed by atoms with Crippen LogP contribution in [0.1, 0.15) is 37.8 Å². The minimum atomic E-state index is -0.502. The molecular formula is C20H25N5O2. The fourth-order valence-corrected chi connectivity index (χ4v) is 3.26. The van der Waals surface area contributed by atoms with Gasteiger partial charge in [0.05, 0.1) is 11.6 Å². The fraction of sp³-hybridized carbons (Fsp3) is 0.350. The van der Waals surface area contributed by atoms with Crippen molar-refractivity contribution in [3.8, 4) is 0 Å². The summed E-state index contributed by atoms with van der Waals surface area (Å²) in [6.07, 6.45) is 3.48. The van der Waals surface area contributed by atoms with E-state index < -0.39 is 6.29 Å². The number of hydrogen-bond acceptors (Lipinski definition) is 4. The molecule has 3 unspecified atom stereocenters. The van der Waals surface area contributed by atoms with E-state index in [1.807, 2.05) is 51.1 Å². The third-order valence-electron chi connectivity index (χ3n) is 4.66. The van der Waals surface area contributed by atoms with Gasteiger partial charge in [-0.05, 0) is 31.9 Å². The van der Waals surface area contributed by atoms with Crippen molar-refractivity contribution in [2.24, 2.45) is 5.92 Å². The van der Waals surface area contributed by atoms with Crippen molar-refractivity contribution < 1.29 is 9.59 Å². The summed E-state index contributed by atoms with van der Waals surface area (Å²) in [6.45, 7) is 5.82. The summed E-state index contributed by atoms with van der Waals surface area (Å²) < 4.78 is 1.60. The first-order valence-corrected chi connectivity index (χ1v) is 9.14. The summed E-state index contributed by atoms with van der Waals surface area (Å²) in [6, 6.07) is 11.4. The van der Waals surface area contributed by atoms with Crippen molar-refractivity contribution in [1.82, 2.24) is 20.4 Å². The molecule has 0 aliphatic carbocycles. The first-order valence-electron chi connectivity index (χ1n) is 9.14. The van der Waals surface area contributed by atoms with Gasteiger partial charge in [0.2, 0.25) is 11.8 Å². The van der Waals surface area contributed by atoms with Gasteiger partial charge < -0.3 is 10.6 Å². The Morgan fingerprint density at radius 1 is 1.33 bits per heavy atom. The van der Waals surface area contributed by atoms with Crippen LogP contribution in [0.15, 0.2) is 42.5 Å². The second kappa shape index (κ2) is 8.18. The molecule has 0 radical (unpaired) electrons. The Balaban J connectivity index is 1.73. The zero-order chi connectivity index (χ0) is 19.4. The summed E-state index contributed by atoms with van der Waals surface area (Å²) in [5.74, 6) is 0.171. The van der Waals surface area contributed by atoms with Gasteiger partial charge in [-0.2, -0.15) is 5.10 Å². The van der Waals surface area contributed by atoms with Gasteiger partial charge in [-0.15, -0.1) is 0 Å². The van der Waals surface area contributed by atoms with Crippen LogP contribution < -0.4 is 16.0 Å². The lowest BCUT2D eigenvalue weighted by Crippen LogP contribution is -2.57. The Bertz CT molecular complexity index is 843. The van der Waals surface area contributed by atoms with E-state index in [0.717, 1.165) is 17.7 Å². The van der Waals surface area contributed by atoms with Crippen molar-refractivity contribution in [2.75, 3.05) is 5.32 Å². The van der Waals surface area contributed by atoms with E-state index in [0.29, 0.717) is 5.82 Å². The molecule has 1 aliphatic heterocycles. The van der Waals surface area contributed by atoms with Crippen LogP contribution in [-0.2, 0) is 9.59 Å². The van der Waals surface area contributed by atoms with E-state index in [9.17, 15) is 9.59 Å². The molecule has 7 nitrogen and oxygen atoms in total. The molecule has 1 aromatic carbocycles. The number of benzene rings is 1. The lowest BCUT2D eigenvalue weighted by molar-refractivity contribution is -0.130. The number of hydrogen-bond donors (Lipinski definition) is 3. The molecule has 7 heteroatoms. The molecule has 1 saturated heterocycles. The van der Waals surface area contributed by atoms with Gasteiger partial charge in [0.1, 0.15) is 5.82 Å². The quantitative estimate of drug-likeness (QED) is 0.708. The Labute approximate surface area is 158 Å². The van der Waals surface area contributed by atoms with Gasteiger partial charge in [-0.1, -0.05) is 37.3 Å². The number of aromatic nitrogens is 2. The van der Waals surface area contributed by atoms with E-state index in [1.165, 1.54) is 6.08 Å². The van der Waals surface area contributed by atoms with Gasteiger partial charge in [0.25, 0.3) is 0 Å². The van der Waals surface area contributed by atoms with E-state index in [4.69, 9.17) is 0 Å². The number of amides is 2. The normalized spacial score (nSPS) is 22.6. The lowest BCUT2D eigenvalue weighted by Gasteiger charge is -2.35. The Morgan fingerprint density at radius 3 is 2.74 bits per heavy atom. The molecule has 0 saturated carbocycles. The number of carbonyl (C=O) groups excluding carboxylic acids is 2. The predicted octanol–water partition coefficient (Wildman–Crippen LogP) is 2.43. The van der Waals surface area contributed by atoms with E-state index in [-0.39, 0.29) is 23.8 Å². The zero-order valence-electron chi connectivity index (χ0n) is 15.8. The highest BCUT2D eigenvalue weighted by Crippen LogP contribution is 2.21. The van der Waals surface area contributed by atoms with Crippen LogP contribution in [0.5, 0.6) is 0 Å². The summed E-state index contributed by atoms with van der Waals surface area (Å²) in [7, 11) is 0. The van der Waals surface area contributed by atoms with Crippen LogP contribution in [-0.4, -0.2) is 27.6 Å². The molecule has 2 aromatic rings. The molecule has 3 rings (SSSR count). The van der Waals surface area contributed by atoms with Crippen molar-refractivity contribution in [2.45, 2.75) is 39.5 Å². The molecule has 3 N–H and O–H groups in total. The molecule has 1 aromatic heterocycles. The fourth-order valence-electron chi connectivity index (χ4n) is 3.26. The molecule has 1 aliphatic rings. The number of nitrogens with zero attached hydrogens (tertiary/aromatic N) is 2. The highest BCUT2D eigenvalue weighted by atomic mass is 16.2. The van der Waals surface area contributed by atoms with Gasteiger partial charge in [-0.25, -0.2) is 4.68 Å². The van der Waals surface area contributed by atoms with Crippen molar-refractivity contribution in [3.05, 3.63) is 53.7 Å². The van der Waals surface area contributed by atoms with E-state index in [2.05, 4.69) is 21.0 Å². The second-order valence-electron chi connectivity index (χ2n) is 6.73. The van der Waals surface area contributed by atoms with Crippen LogP contribution >= 0.6 is 0 Å². The van der Waals surface area contributed by atoms with Crippen molar-refractivity contribution in [3.63, 3.8) is 0 Å². The van der Waals surface area contributed by atoms with Crippen LogP contribution in [0.25, 0.3) is 6.08 Å². The summed E-state index contributed by atoms with van der Waals surface area (Å²) >= 11 is 0. The first kappa shape index (κ1) is 18.8. The van der Waals surface area contributed by atoms with Crippen LogP contribution in [0.2, 0.25) is 0 Å². The minimum Gasteiger partial charge on any atom is -0.322 e. The average molecular weight is 367 g/mol. The van der Waals surface area contributed by atoms with Crippen LogP contribution in [0.3, 0.4) is 0 Å². The monoisotopic (exact) mass is 367 g/mol. The number of aryl methyl sites for hydroxylation is 1. The molecule has 142 valence electrons. The van der Waals surface area contributed by atoms with Crippen molar-refractivity contribution in [1.29, 1.82) is 0 Å². The smallest absolute Gasteiger partial charge is 0.249 e. The Kier molecular flexibility index (Phi) is 5.71. The largest absolute Gasteiger partial charge is 0.322 e. The number of carbonyl (C=O) groups is 2. The van der Waals surface area contributed by atoms with Gasteiger partial charge in [-0.3, -0.25) is 14.9 Å². The Hall–Kier alpha value is -2.93. The second-order valence-corrected chi connectivity index (χ2v) is 6.73. The maximum Gasteiger partial charge on any atom is 0.249 e. The maximum atomic E-state index is 12.3. The molecule has 3 atom stereocenters. The number of rotatable bonds is 5. The van der Waals surface area contributed by atoms with Crippen molar-refractivity contribution >= 4 is 23.7 Å². The summed E-state index contributed by atoms with van der Waals surface area (Å²) in [5.41, 5.74) is 1.69. The number of anilines is 1. The third-order valence-corrected chi connectivity index (χ3v) is 4.66. The topological polar surface area (TPSA) is 88.1 Å². The maximum absolute atomic E-state index is 12.3. The molecular weight excluding hydrogens is 342 g/mol. The lowest BCUT2D eigenvalue weighted by atomic mass is 9.95. The number of nitrogens with one attached hydrogen (secondary N) is 3. The summed E-state index contributed by atoms with van der Waals surface area (Å²) in [4.78, 5) is 24.6. The zero-order valence-corrected chi connectivity index (χ0v) is 15.8. The van der Waals surface area contributed by atoms with E-state index in [1.54, 1.807) is 16.8 Å². The first-order chi connectivity index (χ1) is 13.0. The van der Waals surface area contributed by atoms with Crippen LogP contribution in [0, 0.1) is 12.8 Å². The molecule has 2 heterocycles. The SMILES string of the molecule is CCC1C(=O)NC(n2nc(C)cc2NC(=O)/C=C/c2ccccc2)NC1C. The average Bonchev–Trinajstić information content (AvgIpc) is 3.01. The molecule has 2 amide bonds. The molecule has 1 fully saturated rings. The minimum absolute atomic E-state index is 0.0110. The van der Waals surface area contributed by atoms with Gasteiger partial charge in [0.15, 0.2) is 6.29 Å². The standard InChI is InChI=1S/C20H25N5O2/c1-4-16-14(3)21-20(23-19(16)27)25-17(12-13(2)24-25)22-18(26)11-10-15-8-6-5-7-9-15/h5-12,14,16,20-21H,4H2,1-3H3,(H,22,26)(H,23,27)/b11-10+. The Morgan fingerprint density at radius 2 is 2.07 bits per heavy atom. The van der Waals surface area contributed by atoms with Gasteiger partial charge in [0, 0.05) is 18.2 Å². The van der Waals surface area contributed by atoms with Crippen LogP contribution in [0.4, 0.5) is 5.82 Å². The molecule has 0 spiro atoms.